The maximum atomic E-state index is 11.4. The van der Waals surface area contributed by atoms with Gasteiger partial charge in [-0.3, -0.25) is 9.59 Å². The molecule has 0 aromatic heterocycles. The van der Waals surface area contributed by atoms with Crippen LogP contribution in [-0.2, 0) is 4.79 Å². The summed E-state index contributed by atoms with van der Waals surface area (Å²) in [6, 6.07) is 3.61. The van der Waals surface area contributed by atoms with Crippen LogP contribution < -0.4 is 4.74 Å². The first-order valence-electron chi connectivity index (χ1n) is 6.35. The Bertz CT molecular complexity index is 443. The fourth-order valence-electron chi connectivity index (χ4n) is 1.90. The fourth-order valence-corrected chi connectivity index (χ4v) is 1.90. The van der Waals surface area contributed by atoms with E-state index in [1.807, 2.05) is 13.8 Å². The first-order chi connectivity index (χ1) is 8.95. The fraction of sp³-hybridized carbons (Fsp3) is 0.467. The summed E-state index contributed by atoms with van der Waals surface area (Å²) in [5.41, 5.74) is 2.55. The van der Waals surface area contributed by atoms with Crippen molar-refractivity contribution in [1.82, 2.24) is 4.90 Å². The summed E-state index contributed by atoms with van der Waals surface area (Å²) >= 11 is 0. The molecule has 1 rings (SSSR count). The molecule has 0 N–H and O–H groups in total. The summed E-state index contributed by atoms with van der Waals surface area (Å²) in [4.78, 5) is 23.7. The van der Waals surface area contributed by atoms with E-state index in [0.29, 0.717) is 25.0 Å². The molecule has 0 radical (unpaired) electrons. The van der Waals surface area contributed by atoms with E-state index in [4.69, 9.17) is 4.74 Å². The molecule has 0 saturated carbocycles. The Morgan fingerprint density at radius 2 is 1.84 bits per heavy atom. The van der Waals surface area contributed by atoms with Gasteiger partial charge in [-0.25, -0.2) is 0 Å². The molecule has 0 heterocycles. The number of rotatable bonds is 6. The SMILES string of the molecule is Cc1cc(C=O)cc(C)c1OCCCC(=O)N(C)C. The van der Waals surface area contributed by atoms with Crippen molar-refractivity contribution in [3.63, 3.8) is 0 Å². The number of hydrogen-bond acceptors (Lipinski definition) is 3. The van der Waals surface area contributed by atoms with Crippen molar-refractivity contribution in [3.05, 3.63) is 28.8 Å². The number of nitrogens with zero attached hydrogens (tertiary/aromatic N) is 1. The lowest BCUT2D eigenvalue weighted by Crippen LogP contribution is -2.21. The molecule has 0 saturated heterocycles. The molecule has 4 nitrogen and oxygen atoms in total. The van der Waals surface area contributed by atoms with Crippen LogP contribution in [-0.4, -0.2) is 37.8 Å². The Hall–Kier alpha value is -1.84. The van der Waals surface area contributed by atoms with Crippen molar-refractivity contribution in [2.75, 3.05) is 20.7 Å². The number of amides is 1. The largest absolute Gasteiger partial charge is 0.493 e. The van der Waals surface area contributed by atoms with Crippen LogP contribution in [0.4, 0.5) is 0 Å². The Morgan fingerprint density at radius 3 is 2.32 bits per heavy atom. The van der Waals surface area contributed by atoms with Gasteiger partial charge in [0.05, 0.1) is 6.61 Å². The van der Waals surface area contributed by atoms with Crippen molar-refractivity contribution >= 4 is 12.2 Å². The van der Waals surface area contributed by atoms with Gasteiger partial charge in [0.1, 0.15) is 12.0 Å². The molecule has 0 aliphatic heterocycles. The van der Waals surface area contributed by atoms with Gasteiger partial charge < -0.3 is 9.64 Å². The summed E-state index contributed by atoms with van der Waals surface area (Å²) in [7, 11) is 3.49. The third-order valence-corrected chi connectivity index (χ3v) is 2.90. The van der Waals surface area contributed by atoms with Gasteiger partial charge in [-0.1, -0.05) is 0 Å². The minimum absolute atomic E-state index is 0.105. The Morgan fingerprint density at radius 1 is 1.26 bits per heavy atom. The third-order valence-electron chi connectivity index (χ3n) is 2.90. The molecule has 0 unspecified atom stereocenters. The summed E-state index contributed by atoms with van der Waals surface area (Å²) in [5, 5.41) is 0. The summed E-state index contributed by atoms with van der Waals surface area (Å²) in [6.45, 7) is 4.34. The molecule has 0 bridgehead atoms. The van der Waals surface area contributed by atoms with Crippen LogP contribution in [0.1, 0.15) is 34.3 Å². The molecule has 0 fully saturated rings. The van der Waals surface area contributed by atoms with Gasteiger partial charge in [-0.15, -0.1) is 0 Å². The van der Waals surface area contributed by atoms with Gasteiger partial charge in [-0.2, -0.15) is 0 Å². The maximum Gasteiger partial charge on any atom is 0.222 e. The number of aryl methyl sites for hydroxylation is 2. The second-order valence-corrected chi connectivity index (χ2v) is 4.84. The molecule has 4 heteroatoms. The van der Waals surface area contributed by atoms with Crippen molar-refractivity contribution in [2.45, 2.75) is 26.7 Å². The first-order valence-corrected chi connectivity index (χ1v) is 6.35. The molecular weight excluding hydrogens is 242 g/mol. The molecule has 1 aromatic carbocycles. The van der Waals surface area contributed by atoms with Gasteiger partial charge >= 0.3 is 0 Å². The zero-order valence-corrected chi connectivity index (χ0v) is 12.0. The lowest BCUT2D eigenvalue weighted by Gasteiger charge is -2.13. The second-order valence-electron chi connectivity index (χ2n) is 4.84. The second kappa shape index (κ2) is 6.92. The zero-order valence-electron chi connectivity index (χ0n) is 12.0. The minimum atomic E-state index is 0.105. The van der Waals surface area contributed by atoms with E-state index >= 15 is 0 Å². The van der Waals surface area contributed by atoms with Gasteiger partial charge in [0, 0.05) is 26.1 Å². The van der Waals surface area contributed by atoms with Crippen molar-refractivity contribution in [2.24, 2.45) is 0 Å². The van der Waals surface area contributed by atoms with E-state index in [1.54, 1.807) is 31.1 Å². The van der Waals surface area contributed by atoms with Crippen LogP contribution in [0.2, 0.25) is 0 Å². The normalized spacial score (nSPS) is 10.1. The van der Waals surface area contributed by atoms with Crippen molar-refractivity contribution in [3.8, 4) is 5.75 Å². The first kappa shape index (κ1) is 15.2. The molecule has 0 atom stereocenters. The van der Waals surface area contributed by atoms with E-state index < -0.39 is 0 Å². The third kappa shape index (κ3) is 4.39. The molecule has 1 amide bonds. The van der Waals surface area contributed by atoms with Gasteiger partial charge in [0.15, 0.2) is 0 Å². The van der Waals surface area contributed by atoms with Crippen molar-refractivity contribution < 1.29 is 14.3 Å². The molecule has 0 spiro atoms. The van der Waals surface area contributed by atoms with Crippen molar-refractivity contribution in [1.29, 1.82) is 0 Å². The van der Waals surface area contributed by atoms with E-state index in [-0.39, 0.29) is 5.91 Å². The van der Waals surface area contributed by atoms with Gasteiger partial charge in [-0.05, 0) is 43.5 Å². The topological polar surface area (TPSA) is 46.6 Å². The Labute approximate surface area is 114 Å². The average Bonchev–Trinajstić information content (AvgIpc) is 2.36. The summed E-state index contributed by atoms with van der Waals surface area (Å²) in [6.07, 6.45) is 2.00. The van der Waals surface area contributed by atoms with Crippen LogP contribution in [0, 0.1) is 13.8 Å². The van der Waals surface area contributed by atoms with E-state index in [9.17, 15) is 9.59 Å². The Balaban J connectivity index is 2.54. The highest BCUT2D eigenvalue weighted by Gasteiger charge is 2.07. The van der Waals surface area contributed by atoms with Crippen LogP contribution in [0.15, 0.2) is 12.1 Å². The van der Waals surface area contributed by atoms with E-state index in [2.05, 4.69) is 0 Å². The van der Waals surface area contributed by atoms with Crippen LogP contribution in [0.25, 0.3) is 0 Å². The number of aldehydes is 1. The highest BCUT2D eigenvalue weighted by molar-refractivity contribution is 5.76. The summed E-state index contributed by atoms with van der Waals surface area (Å²) in [5.74, 6) is 0.913. The van der Waals surface area contributed by atoms with Gasteiger partial charge in [0.25, 0.3) is 0 Å². The number of ether oxygens (including phenoxy) is 1. The minimum Gasteiger partial charge on any atom is -0.493 e. The molecular formula is C15H21NO3. The number of hydrogen-bond donors (Lipinski definition) is 0. The van der Waals surface area contributed by atoms with Crippen LogP contribution in [0.3, 0.4) is 0 Å². The molecule has 19 heavy (non-hydrogen) atoms. The quantitative estimate of drug-likeness (QED) is 0.584. The van der Waals surface area contributed by atoms with E-state index in [0.717, 1.165) is 23.2 Å². The number of benzene rings is 1. The highest BCUT2D eigenvalue weighted by Crippen LogP contribution is 2.24. The van der Waals surface area contributed by atoms with Gasteiger partial charge in [0.2, 0.25) is 5.91 Å². The predicted octanol–water partition coefficient (Wildman–Crippen LogP) is 2.36. The molecule has 1 aromatic rings. The predicted molar refractivity (Wildman–Crippen MR) is 74.7 cm³/mol. The van der Waals surface area contributed by atoms with E-state index in [1.165, 1.54) is 0 Å². The highest BCUT2D eigenvalue weighted by atomic mass is 16.5. The van der Waals surface area contributed by atoms with Crippen LogP contribution in [0.5, 0.6) is 5.75 Å². The Kier molecular flexibility index (Phi) is 5.55. The zero-order chi connectivity index (χ0) is 14.4. The number of carbonyl (C=O) groups is 2. The lowest BCUT2D eigenvalue weighted by molar-refractivity contribution is -0.128. The number of carbonyl (C=O) groups excluding carboxylic acids is 2. The molecule has 0 aliphatic carbocycles. The monoisotopic (exact) mass is 263 g/mol. The van der Waals surface area contributed by atoms with Crippen LogP contribution >= 0.6 is 0 Å². The average molecular weight is 263 g/mol. The maximum absolute atomic E-state index is 11.4. The lowest BCUT2D eigenvalue weighted by atomic mass is 10.1. The standard InChI is InChI=1S/C15H21NO3/c1-11-8-13(10-17)9-12(2)15(11)19-7-5-6-14(18)16(3)4/h8-10H,5-7H2,1-4H3. The molecule has 0 aliphatic rings. The smallest absolute Gasteiger partial charge is 0.222 e. The molecule has 104 valence electrons. The summed E-state index contributed by atoms with van der Waals surface area (Å²) < 4.78 is 5.71.